The standard InChI is InChI=1S/C44H51N7O3/c1-28(2)34-4-3-5-36-37(12-13-39-38(36)25-45-47-39)42(34)30-6-8-32(9-7-30)49-18-16-29(17-19-49)26-48-20-22-50(23-21-48)33-10-11-35-31(24-33)27-51(44(35)54)40-14-15-41(52)46-43(40)53/h6-13,24-25,28-29,40H,3-5,14-23,26-27H2,1-2H3,(H,45,47)(H,46,52,53)/t40-/m0/s1. The van der Waals surface area contributed by atoms with Crippen LogP contribution >= 0.6 is 0 Å². The largest absolute Gasteiger partial charge is 0.372 e. The molecule has 3 saturated heterocycles. The van der Waals surface area contributed by atoms with E-state index in [0.29, 0.717) is 30.4 Å². The Morgan fingerprint density at radius 2 is 1.54 bits per heavy atom. The Kier molecular flexibility index (Phi) is 9.25. The number of carbonyl (C=O) groups is 3. The topological polar surface area (TPSA) is 105 Å². The van der Waals surface area contributed by atoms with Gasteiger partial charge in [-0.15, -0.1) is 0 Å². The first-order valence-electron chi connectivity index (χ1n) is 20.1. The number of carbonyl (C=O) groups excluding carboxylic acids is 3. The maximum absolute atomic E-state index is 13.2. The van der Waals surface area contributed by atoms with E-state index >= 15 is 0 Å². The molecular formula is C44H51N7O3. The summed E-state index contributed by atoms with van der Waals surface area (Å²) in [5.41, 5.74) is 12.3. The fourth-order valence-corrected chi connectivity index (χ4v) is 9.78. The number of aromatic amines is 1. The normalized spacial score (nSPS) is 21.6. The Balaban J connectivity index is 0.790. The Morgan fingerprint density at radius 3 is 2.30 bits per heavy atom. The predicted molar refractivity (Wildman–Crippen MR) is 212 cm³/mol. The maximum atomic E-state index is 13.2. The van der Waals surface area contributed by atoms with Gasteiger partial charge >= 0.3 is 0 Å². The Labute approximate surface area is 317 Å². The van der Waals surface area contributed by atoms with Gasteiger partial charge in [-0.1, -0.05) is 37.6 Å². The highest BCUT2D eigenvalue weighted by molar-refractivity contribution is 6.05. The average Bonchev–Trinajstić information content (AvgIpc) is 3.73. The second-order valence-corrected chi connectivity index (χ2v) is 16.3. The smallest absolute Gasteiger partial charge is 0.255 e. The zero-order chi connectivity index (χ0) is 36.9. The van der Waals surface area contributed by atoms with Gasteiger partial charge in [0.2, 0.25) is 11.8 Å². The summed E-state index contributed by atoms with van der Waals surface area (Å²) in [5.74, 6) is 0.460. The van der Waals surface area contributed by atoms with E-state index in [2.05, 4.69) is 92.6 Å². The van der Waals surface area contributed by atoms with Crippen LogP contribution in [0.5, 0.6) is 0 Å². The van der Waals surface area contributed by atoms with Crippen LogP contribution < -0.4 is 15.1 Å². The fraction of sp³-hybridized carbons (Fsp3) is 0.455. The number of rotatable bonds is 7. The summed E-state index contributed by atoms with van der Waals surface area (Å²) in [5, 5.41) is 11.2. The molecule has 10 heteroatoms. The number of anilines is 2. The summed E-state index contributed by atoms with van der Waals surface area (Å²) < 4.78 is 0. The molecule has 3 amide bonds. The van der Waals surface area contributed by atoms with Gasteiger partial charge in [0, 0.05) is 81.1 Å². The van der Waals surface area contributed by atoms with E-state index in [1.165, 1.54) is 52.6 Å². The molecule has 3 aromatic carbocycles. The number of piperazine rings is 1. The van der Waals surface area contributed by atoms with Crippen LogP contribution in [0.15, 0.2) is 66.4 Å². The van der Waals surface area contributed by atoms with E-state index in [0.717, 1.165) is 75.4 Å². The molecule has 0 saturated carbocycles. The van der Waals surface area contributed by atoms with Crippen LogP contribution in [0.1, 0.15) is 85.0 Å². The van der Waals surface area contributed by atoms with Gasteiger partial charge in [0.1, 0.15) is 6.04 Å². The molecule has 1 atom stereocenters. The van der Waals surface area contributed by atoms with E-state index in [-0.39, 0.29) is 24.1 Å². The van der Waals surface area contributed by atoms with Crippen LogP contribution in [0, 0.1) is 11.8 Å². The lowest BCUT2D eigenvalue weighted by atomic mass is 9.85. The molecule has 4 aromatic rings. The van der Waals surface area contributed by atoms with E-state index in [1.807, 2.05) is 12.3 Å². The first-order valence-corrected chi connectivity index (χ1v) is 20.1. The monoisotopic (exact) mass is 725 g/mol. The summed E-state index contributed by atoms with van der Waals surface area (Å²) in [6.07, 6.45) is 8.46. The molecule has 10 nitrogen and oxygen atoms in total. The second-order valence-electron chi connectivity index (χ2n) is 16.3. The van der Waals surface area contributed by atoms with Gasteiger partial charge in [0.05, 0.1) is 11.7 Å². The molecule has 0 spiro atoms. The molecule has 2 N–H and O–H groups in total. The number of H-pyrrole nitrogens is 1. The Bertz CT molecular complexity index is 2120. The fourth-order valence-electron chi connectivity index (χ4n) is 9.78. The third-order valence-corrected chi connectivity index (χ3v) is 12.8. The molecular weight excluding hydrogens is 675 g/mol. The molecule has 54 heavy (non-hydrogen) atoms. The van der Waals surface area contributed by atoms with Crippen LogP contribution in [0.2, 0.25) is 0 Å². The number of aryl methyl sites for hydroxylation is 1. The van der Waals surface area contributed by atoms with E-state index in [9.17, 15) is 14.4 Å². The number of hydrogen-bond donors (Lipinski definition) is 2. The summed E-state index contributed by atoms with van der Waals surface area (Å²) in [7, 11) is 0. The maximum Gasteiger partial charge on any atom is 0.255 e. The van der Waals surface area contributed by atoms with Crippen molar-refractivity contribution in [2.75, 3.05) is 55.6 Å². The minimum absolute atomic E-state index is 0.116. The number of benzene rings is 3. The molecule has 4 aliphatic heterocycles. The zero-order valence-corrected chi connectivity index (χ0v) is 31.6. The number of nitrogens with zero attached hydrogens (tertiary/aromatic N) is 5. The lowest BCUT2D eigenvalue weighted by Gasteiger charge is -2.40. The van der Waals surface area contributed by atoms with Crippen molar-refractivity contribution < 1.29 is 14.4 Å². The van der Waals surface area contributed by atoms with Gasteiger partial charge in [0.25, 0.3) is 5.91 Å². The van der Waals surface area contributed by atoms with Crippen LogP contribution in [0.3, 0.4) is 0 Å². The molecule has 280 valence electrons. The van der Waals surface area contributed by atoms with Crippen molar-refractivity contribution in [3.05, 3.63) is 94.2 Å². The zero-order valence-electron chi connectivity index (χ0n) is 31.6. The van der Waals surface area contributed by atoms with Crippen molar-refractivity contribution >= 4 is 45.6 Å². The molecule has 0 radical (unpaired) electrons. The molecule has 3 fully saturated rings. The first-order chi connectivity index (χ1) is 26.3. The lowest BCUT2D eigenvalue weighted by molar-refractivity contribution is -0.136. The number of aromatic nitrogens is 2. The van der Waals surface area contributed by atoms with Gasteiger partial charge in [-0.3, -0.25) is 29.7 Å². The molecule has 5 aliphatic rings. The van der Waals surface area contributed by atoms with Crippen LogP contribution in [0.25, 0.3) is 16.5 Å². The van der Waals surface area contributed by atoms with Crippen molar-refractivity contribution in [2.24, 2.45) is 11.8 Å². The van der Waals surface area contributed by atoms with E-state index in [1.54, 1.807) is 10.5 Å². The molecule has 1 aromatic heterocycles. The molecule has 0 unspecified atom stereocenters. The van der Waals surface area contributed by atoms with Gasteiger partial charge in [-0.05, 0) is 115 Å². The first kappa shape index (κ1) is 34.8. The number of hydrogen-bond acceptors (Lipinski definition) is 7. The minimum atomic E-state index is -0.581. The number of fused-ring (bicyclic) bond motifs is 4. The van der Waals surface area contributed by atoms with E-state index in [4.69, 9.17) is 0 Å². The van der Waals surface area contributed by atoms with Crippen molar-refractivity contribution in [3.8, 4) is 0 Å². The molecule has 5 heterocycles. The second kappa shape index (κ2) is 14.4. The summed E-state index contributed by atoms with van der Waals surface area (Å²) in [6.45, 7) is 12.4. The summed E-state index contributed by atoms with van der Waals surface area (Å²) in [6, 6.07) is 19.5. The number of allylic oxidation sites excluding steroid dienone is 1. The third-order valence-electron chi connectivity index (χ3n) is 12.8. The van der Waals surface area contributed by atoms with Crippen LogP contribution in [-0.2, 0) is 22.6 Å². The lowest BCUT2D eigenvalue weighted by Crippen LogP contribution is -2.52. The van der Waals surface area contributed by atoms with Crippen molar-refractivity contribution in [2.45, 2.75) is 71.4 Å². The van der Waals surface area contributed by atoms with Crippen LogP contribution in [0.4, 0.5) is 11.4 Å². The molecule has 0 bridgehead atoms. The van der Waals surface area contributed by atoms with Gasteiger partial charge in [-0.2, -0.15) is 5.10 Å². The number of amides is 3. The SMILES string of the molecule is CC(C)C1=C(c2ccc(N3CCC(CN4CCN(c5ccc6c(c5)CN([C@H]5CCC(=O)NC5=O)C6=O)CC4)CC3)cc2)c2ccc3[nH]ncc3c2CCC1. The summed E-state index contributed by atoms with van der Waals surface area (Å²) in [4.78, 5) is 46.5. The average molecular weight is 726 g/mol. The van der Waals surface area contributed by atoms with Crippen molar-refractivity contribution in [3.63, 3.8) is 0 Å². The molecule has 9 rings (SSSR count). The van der Waals surface area contributed by atoms with Crippen molar-refractivity contribution in [1.29, 1.82) is 0 Å². The quantitative estimate of drug-likeness (QED) is 0.220. The Morgan fingerprint density at radius 1 is 0.796 bits per heavy atom. The highest BCUT2D eigenvalue weighted by Gasteiger charge is 2.39. The van der Waals surface area contributed by atoms with Crippen molar-refractivity contribution in [1.82, 2.24) is 25.3 Å². The predicted octanol–water partition coefficient (Wildman–Crippen LogP) is 6.16. The summed E-state index contributed by atoms with van der Waals surface area (Å²) >= 11 is 0. The highest BCUT2D eigenvalue weighted by atomic mass is 16.2. The van der Waals surface area contributed by atoms with Gasteiger partial charge in [-0.25, -0.2) is 0 Å². The van der Waals surface area contributed by atoms with Gasteiger partial charge in [0.15, 0.2) is 0 Å². The number of piperidine rings is 2. The molecule has 1 aliphatic carbocycles. The van der Waals surface area contributed by atoms with E-state index < -0.39 is 6.04 Å². The minimum Gasteiger partial charge on any atom is -0.372 e. The highest BCUT2D eigenvalue weighted by Crippen LogP contribution is 2.41. The Hall–Kier alpha value is -4.96. The number of nitrogens with one attached hydrogen (secondary N) is 2. The van der Waals surface area contributed by atoms with Crippen LogP contribution in [-0.4, -0.2) is 89.6 Å². The number of imide groups is 1. The van der Waals surface area contributed by atoms with Gasteiger partial charge < -0.3 is 14.7 Å². The third kappa shape index (κ3) is 6.48.